The predicted octanol–water partition coefficient (Wildman–Crippen LogP) is 23.3. The van der Waals surface area contributed by atoms with Crippen molar-refractivity contribution >= 4 is 17.9 Å². The van der Waals surface area contributed by atoms with Crippen LogP contribution < -0.4 is 0 Å². The van der Waals surface area contributed by atoms with Crippen LogP contribution in [0, 0.1) is 0 Å². The SMILES string of the molecule is CC/C=C\C/C=C\C/C=C\C/C=C\C/C=C\CCCC(=O)OC(COC(=O)CCCCCCCCCCCCCC)COC(=O)CCCCCCCCCCCCCCCCCCCCC/C=C\CCCCCCCCCC. The molecule has 0 amide bonds. The normalized spacial score (nSPS) is 12.5. The lowest BCUT2D eigenvalue weighted by molar-refractivity contribution is -0.167. The quantitative estimate of drug-likeness (QED) is 0.0261. The van der Waals surface area contributed by atoms with Crippen molar-refractivity contribution in [2.75, 3.05) is 13.2 Å². The molecule has 0 aromatic heterocycles. The lowest BCUT2D eigenvalue weighted by Crippen LogP contribution is -2.30. The highest BCUT2D eigenvalue weighted by atomic mass is 16.6. The fourth-order valence-corrected chi connectivity index (χ4v) is 9.89. The molecule has 1 unspecified atom stereocenters. The fraction of sp³-hybridized carbons (Fsp3) is 0.792. The molecular weight excluding hydrogens is 961 g/mol. The van der Waals surface area contributed by atoms with Gasteiger partial charge < -0.3 is 14.2 Å². The van der Waals surface area contributed by atoms with Gasteiger partial charge in [-0.25, -0.2) is 0 Å². The molecule has 0 rings (SSSR count). The number of unbranched alkanes of at least 4 members (excludes halogenated alkanes) is 39. The van der Waals surface area contributed by atoms with Crippen LogP contribution in [0.1, 0.15) is 348 Å². The Morgan fingerprint density at radius 1 is 0.269 bits per heavy atom. The van der Waals surface area contributed by atoms with Gasteiger partial charge in [0, 0.05) is 19.3 Å². The smallest absolute Gasteiger partial charge is 0.306 e. The van der Waals surface area contributed by atoms with E-state index in [1.165, 1.54) is 225 Å². The van der Waals surface area contributed by atoms with Crippen LogP contribution in [0.3, 0.4) is 0 Å². The van der Waals surface area contributed by atoms with Crippen molar-refractivity contribution in [3.63, 3.8) is 0 Å². The van der Waals surface area contributed by atoms with Crippen LogP contribution in [0.25, 0.3) is 0 Å². The van der Waals surface area contributed by atoms with Gasteiger partial charge in [0.05, 0.1) is 0 Å². The Labute approximate surface area is 484 Å². The number of ether oxygens (including phenoxy) is 3. The monoisotopic (exact) mass is 1090 g/mol. The van der Waals surface area contributed by atoms with E-state index in [4.69, 9.17) is 14.2 Å². The summed E-state index contributed by atoms with van der Waals surface area (Å²) in [6, 6.07) is 0. The number of carbonyl (C=O) groups excluding carboxylic acids is 3. The molecule has 0 bridgehead atoms. The van der Waals surface area contributed by atoms with Crippen LogP contribution in [-0.2, 0) is 28.6 Å². The maximum atomic E-state index is 12.9. The van der Waals surface area contributed by atoms with Gasteiger partial charge in [-0.15, -0.1) is 0 Å². The second-order valence-corrected chi connectivity index (χ2v) is 22.7. The zero-order chi connectivity index (χ0) is 56.4. The summed E-state index contributed by atoms with van der Waals surface area (Å²) in [4.78, 5) is 38.3. The topological polar surface area (TPSA) is 78.9 Å². The van der Waals surface area contributed by atoms with E-state index in [1.807, 2.05) is 0 Å². The highest BCUT2D eigenvalue weighted by Crippen LogP contribution is 2.18. The van der Waals surface area contributed by atoms with Gasteiger partial charge in [-0.05, 0) is 83.5 Å². The van der Waals surface area contributed by atoms with E-state index in [0.29, 0.717) is 19.3 Å². The lowest BCUT2D eigenvalue weighted by Gasteiger charge is -2.18. The zero-order valence-electron chi connectivity index (χ0n) is 51.9. The average Bonchev–Trinajstić information content (AvgIpc) is 3.44. The van der Waals surface area contributed by atoms with Crippen LogP contribution in [0.2, 0.25) is 0 Å². The van der Waals surface area contributed by atoms with Crippen LogP contribution in [0.4, 0.5) is 0 Å². The summed E-state index contributed by atoms with van der Waals surface area (Å²) in [5.41, 5.74) is 0. The van der Waals surface area contributed by atoms with Crippen molar-refractivity contribution in [1.82, 2.24) is 0 Å². The molecule has 0 aliphatic heterocycles. The second kappa shape index (κ2) is 66.4. The predicted molar refractivity (Wildman–Crippen MR) is 339 cm³/mol. The van der Waals surface area contributed by atoms with Crippen molar-refractivity contribution in [1.29, 1.82) is 0 Å². The first-order chi connectivity index (χ1) is 38.5. The lowest BCUT2D eigenvalue weighted by atomic mass is 10.0. The maximum absolute atomic E-state index is 12.9. The fourth-order valence-electron chi connectivity index (χ4n) is 9.89. The molecule has 78 heavy (non-hydrogen) atoms. The highest BCUT2D eigenvalue weighted by Gasteiger charge is 2.19. The molecule has 0 heterocycles. The molecule has 0 saturated heterocycles. The summed E-state index contributed by atoms with van der Waals surface area (Å²) in [6.45, 7) is 6.52. The van der Waals surface area contributed by atoms with Gasteiger partial charge in [0.15, 0.2) is 6.10 Å². The summed E-state index contributed by atoms with van der Waals surface area (Å²) in [7, 11) is 0. The molecule has 0 aromatic rings. The molecule has 6 heteroatoms. The van der Waals surface area contributed by atoms with E-state index >= 15 is 0 Å². The maximum Gasteiger partial charge on any atom is 0.306 e. The van der Waals surface area contributed by atoms with Crippen molar-refractivity contribution < 1.29 is 28.6 Å². The number of allylic oxidation sites excluding steroid dienone is 12. The van der Waals surface area contributed by atoms with E-state index in [-0.39, 0.29) is 37.5 Å². The Hall–Kier alpha value is -3.15. The van der Waals surface area contributed by atoms with E-state index in [9.17, 15) is 14.4 Å². The molecule has 6 nitrogen and oxygen atoms in total. The largest absolute Gasteiger partial charge is 0.462 e. The van der Waals surface area contributed by atoms with Crippen molar-refractivity contribution in [2.45, 2.75) is 354 Å². The van der Waals surface area contributed by atoms with Gasteiger partial charge in [0.2, 0.25) is 0 Å². The van der Waals surface area contributed by atoms with Gasteiger partial charge in [-0.2, -0.15) is 0 Å². The Morgan fingerprint density at radius 3 is 0.833 bits per heavy atom. The van der Waals surface area contributed by atoms with Gasteiger partial charge in [-0.1, -0.05) is 318 Å². The van der Waals surface area contributed by atoms with Crippen LogP contribution in [0.5, 0.6) is 0 Å². The molecule has 0 N–H and O–H groups in total. The summed E-state index contributed by atoms with van der Waals surface area (Å²) >= 11 is 0. The summed E-state index contributed by atoms with van der Waals surface area (Å²) in [6.07, 6.45) is 86.6. The first-order valence-electron chi connectivity index (χ1n) is 33.9. The Morgan fingerprint density at radius 2 is 0.513 bits per heavy atom. The number of hydrogen-bond donors (Lipinski definition) is 0. The minimum atomic E-state index is -0.803. The minimum absolute atomic E-state index is 0.0940. The number of hydrogen-bond acceptors (Lipinski definition) is 6. The molecule has 0 spiro atoms. The number of rotatable bonds is 62. The Bertz CT molecular complexity index is 1440. The van der Waals surface area contributed by atoms with Crippen molar-refractivity contribution in [3.8, 4) is 0 Å². The van der Waals surface area contributed by atoms with Crippen LogP contribution >= 0.6 is 0 Å². The van der Waals surface area contributed by atoms with Gasteiger partial charge in [-0.3, -0.25) is 14.4 Å². The standard InChI is InChI=1S/C72H128O6/c1-4-7-10-13-16-19-22-25-27-29-30-31-32-33-34-35-36-37-38-39-40-41-42-44-45-47-50-53-56-59-62-65-71(74)77-68-69(67-76-70(73)64-61-58-55-52-49-24-21-18-15-12-9-6-3)78-72(75)66-63-60-57-54-51-48-46-43-28-26-23-20-17-14-11-8-5-2/h8,11,17,20,26,28-30,46,48,54,57,69H,4-7,9-10,12-16,18-19,21-25,27,31-45,47,49-53,55-56,58-68H2,1-3H3/b11-8-,20-17-,28-26-,30-29-,48-46-,57-54-. The molecular formula is C72H128O6. The summed E-state index contributed by atoms with van der Waals surface area (Å²) in [5.74, 6) is -0.936. The third kappa shape index (κ3) is 63.7. The summed E-state index contributed by atoms with van der Waals surface area (Å²) < 4.78 is 16.9. The van der Waals surface area contributed by atoms with E-state index in [0.717, 1.165) is 77.0 Å². The molecule has 0 radical (unpaired) electrons. The molecule has 0 aliphatic carbocycles. The number of esters is 3. The zero-order valence-corrected chi connectivity index (χ0v) is 51.9. The second-order valence-electron chi connectivity index (χ2n) is 22.7. The van der Waals surface area contributed by atoms with E-state index in [2.05, 4.69) is 93.7 Å². The summed E-state index contributed by atoms with van der Waals surface area (Å²) in [5, 5.41) is 0. The van der Waals surface area contributed by atoms with Gasteiger partial charge >= 0.3 is 17.9 Å². The van der Waals surface area contributed by atoms with Crippen LogP contribution in [-0.4, -0.2) is 37.2 Å². The third-order valence-corrected chi connectivity index (χ3v) is 14.9. The molecule has 1 atom stereocenters. The van der Waals surface area contributed by atoms with Crippen molar-refractivity contribution in [2.24, 2.45) is 0 Å². The molecule has 0 aliphatic rings. The van der Waals surface area contributed by atoms with E-state index < -0.39 is 6.10 Å². The van der Waals surface area contributed by atoms with Crippen molar-refractivity contribution in [3.05, 3.63) is 72.9 Å². The Kier molecular flexibility index (Phi) is 63.7. The Balaban J connectivity index is 4.19. The molecule has 0 aromatic carbocycles. The average molecular weight is 1090 g/mol. The number of carbonyl (C=O) groups is 3. The third-order valence-electron chi connectivity index (χ3n) is 14.9. The first kappa shape index (κ1) is 74.8. The minimum Gasteiger partial charge on any atom is -0.462 e. The van der Waals surface area contributed by atoms with Gasteiger partial charge in [0.25, 0.3) is 0 Å². The van der Waals surface area contributed by atoms with Gasteiger partial charge in [0.1, 0.15) is 13.2 Å². The van der Waals surface area contributed by atoms with E-state index in [1.54, 1.807) is 0 Å². The molecule has 0 fully saturated rings. The molecule has 452 valence electrons. The highest BCUT2D eigenvalue weighted by molar-refractivity contribution is 5.71. The first-order valence-corrected chi connectivity index (χ1v) is 33.9. The van der Waals surface area contributed by atoms with Crippen LogP contribution in [0.15, 0.2) is 72.9 Å². The molecule has 0 saturated carbocycles.